The number of benzene rings is 2. The van der Waals surface area contributed by atoms with Gasteiger partial charge in [-0.2, -0.15) is 0 Å². The number of carbonyl (C=O) groups excluding carboxylic acids is 1. The van der Waals surface area contributed by atoms with E-state index in [-0.39, 0.29) is 12.5 Å². The van der Waals surface area contributed by atoms with Crippen LogP contribution in [0.3, 0.4) is 0 Å². The molecule has 0 aromatic heterocycles. The molecule has 5 heteroatoms. The summed E-state index contributed by atoms with van der Waals surface area (Å²) >= 11 is 0. The van der Waals surface area contributed by atoms with E-state index in [9.17, 15) is 4.79 Å². The van der Waals surface area contributed by atoms with Crippen LogP contribution in [0.1, 0.15) is 11.1 Å². The van der Waals surface area contributed by atoms with E-state index in [1.54, 1.807) is 0 Å². The molecule has 0 heterocycles. The lowest BCUT2D eigenvalue weighted by molar-refractivity contribution is -0.120. The van der Waals surface area contributed by atoms with Crippen molar-refractivity contribution in [2.75, 3.05) is 27.2 Å². The van der Waals surface area contributed by atoms with Gasteiger partial charge in [-0.1, -0.05) is 60.7 Å². The van der Waals surface area contributed by atoms with Crippen LogP contribution in [0.4, 0.5) is 0 Å². The van der Waals surface area contributed by atoms with E-state index < -0.39 is 0 Å². The number of guanidine groups is 1. The molecule has 2 aromatic rings. The van der Waals surface area contributed by atoms with Crippen molar-refractivity contribution in [3.63, 3.8) is 0 Å². The van der Waals surface area contributed by atoms with Crippen LogP contribution in [0, 0.1) is 0 Å². The molecule has 0 aliphatic rings. The molecule has 0 aliphatic heterocycles. The van der Waals surface area contributed by atoms with Crippen LogP contribution < -0.4 is 10.6 Å². The van der Waals surface area contributed by atoms with Crippen LogP contribution in [0.2, 0.25) is 0 Å². The van der Waals surface area contributed by atoms with E-state index in [1.165, 1.54) is 5.56 Å². The Labute approximate surface area is 149 Å². The maximum Gasteiger partial charge on any atom is 0.239 e. The van der Waals surface area contributed by atoms with Gasteiger partial charge in [-0.15, -0.1) is 0 Å². The Bertz CT molecular complexity index is 669. The van der Waals surface area contributed by atoms with Crippen LogP contribution in [0.25, 0.3) is 0 Å². The Morgan fingerprint density at radius 3 is 2.12 bits per heavy atom. The number of amides is 1. The van der Waals surface area contributed by atoms with E-state index in [2.05, 4.69) is 27.8 Å². The zero-order valence-corrected chi connectivity index (χ0v) is 14.9. The number of carbonyl (C=O) groups is 1. The van der Waals surface area contributed by atoms with Gasteiger partial charge in [-0.25, -0.2) is 4.99 Å². The molecule has 2 N–H and O–H groups in total. The molecule has 0 saturated heterocycles. The van der Waals surface area contributed by atoms with E-state index in [0.29, 0.717) is 19.0 Å². The summed E-state index contributed by atoms with van der Waals surface area (Å²) < 4.78 is 0. The summed E-state index contributed by atoms with van der Waals surface area (Å²) in [5, 5.41) is 6.03. The van der Waals surface area contributed by atoms with Crippen LogP contribution in [-0.4, -0.2) is 44.0 Å². The maximum atomic E-state index is 12.0. The lowest BCUT2D eigenvalue weighted by Crippen LogP contribution is -2.43. The molecular formula is C20H26N4O. The largest absolute Gasteiger partial charge is 0.354 e. The Morgan fingerprint density at radius 2 is 1.52 bits per heavy atom. The van der Waals surface area contributed by atoms with Crippen LogP contribution in [0.15, 0.2) is 65.7 Å². The first-order valence-electron chi connectivity index (χ1n) is 8.45. The first-order valence-corrected chi connectivity index (χ1v) is 8.45. The Balaban J connectivity index is 1.75. The fraction of sp³-hybridized carbons (Fsp3) is 0.300. The van der Waals surface area contributed by atoms with Crippen molar-refractivity contribution < 1.29 is 4.79 Å². The number of nitrogens with zero attached hydrogens (tertiary/aromatic N) is 2. The predicted octanol–water partition coefficient (Wildman–Crippen LogP) is 2.05. The molecule has 25 heavy (non-hydrogen) atoms. The summed E-state index contributed by atoms with van der Waals surface area (Å²) in [4.78, 5) is 18.4. The quantitative estimate of drug-likeness (QED) is 0.600. The Hall–Kier alpha value is -2.82. The summed E-state index contributed by atoms with van der Waals surface area (Å²) in [6, 6.07) is 20.2. The molecule has 2 rings (SSSR count). The van der Waals surface area contributed by atoms with E-state index >= 15 is 0 Å². The molecule has 1 amide bonds. The zero-order chi connectivity index (χ0) is 17.9. The topological polar surface area (TPSA) is 56.7 Å². The zero-order valence-electron chi connectivity index (χ0n) is 14.9. The van der Waals surface area contributed by atoms with Gasteiger partial charge < -0.3 is 15.5 Å². The number of nitrogens with one attached hydrogen (secondary N) is 2. The average molecular weight is 338 g/mol. The van der Waals surface area contributed by atoms with Gasteiger partial charge in [0.1, 0.15) is 0 Å². The van der Waals surface area contributed by atoms with Gasteiger partial charge in [-0.3, -0.25) is 4.79 Å². The second-order valence-corrected chi connectivity index (χ2v) is 5.96. The van der Waals surface area contributed by atoms with E-state index in [1.807, 2.05) is 67.5 Å². The SMILES string of the molecule is CN(C)C(=NCc1ccccc1)NCC(=O)NCCc1ccccc1. The lowest BCUT2D eigenvalue weighted by atomic mass is 10.1. The molecule has 0 bridgehead atoms. The summed E-state index contributed by atoms with van der Waals surface area (Å²) in [6.07, 6.45) is 0.829. The Kier molecular flexibility index (Phi) is 7.50. The molecule has 0 saturated carbocycles. The summed E-state index contributed by atoms with van der Waals surface area (Å²) in [7, 11) is 3.81. The van der Waals surface area contributed by atoms with Crippen molar-refractivity contribution in [3.8, 4) is 0 Å². The lowest BCUT2D eigenvalue weighted by Gasteiger charge is -2.17. The molecule has 0 fully saturated rings. The molecule has 132 valence electrons. The second kappa shape index (κ2) is 10.1. The molecular weight excluding hydrogens is 312 g/mol. The molecule has 0 spiro atoms. The number of aliphatic imine (C=N–C) groups is 1. The normalized spacial score (nSPS) is 11.0. The number of rotatable bonds is 7. The summed E-state index contributed by atoms with van der Waals surface area (Å²) in [5.41, 5.74) is 2.35. The van der Waals surface area contributed by atoms with E-state index in [0.717, 1.165) is 12.0 Å². The fourth-order valence-corrected chi connectivity index (χ4v) is 2.32. The molecule has 2 aromatic carbocycles. The summed E-state index contributed by atoms with van der Waals surface area (Å²) in [6.45, 7) is 1.42. The smallest absolute Gasteiger partial charge is 0.239 e. The molecule has 0 aliphatic carbocycles. The predicted molar refractivity (Wildman–Crippen MR) is 102 cm³/mol. The van der Waals surface area contributed by atoms with Gasteiger partial charge in [0.2, 0.25) is 5.91 Å². The second-order valence-electron chi connectivity index (χ2n) is 5.96. The monoisotopic (exact) mass is 338 g/mol. The third kappa shape index (κ3) is 7.08. The minimum absolute atomic E-state index is 0.0369. The van der Waals surface area contributed by atoms with Gasteiger partial charge in [-0.05, 0) is 17.5 Å². The third-order valence-corrected chi connectivity index (χ3v) is 3.66. The molecule has 5 nitrogen and oxygen atoms in total. The first-order chi connectivity index (χ1) is 12.1. The Morgan fingerprint density at radius 1 is 0.920 bits per heavy atom. The average Bonchev–Trinajstić information content (AvgIpc) is 2.63. The minimum atomic E-state index is -0.0369. The highest BCUT2D eigenvalue weighted by Crippen LogP contribution is 2.00. The van der Waals surface area contributed by atoms with Crippen LogP contribution in [0.5, 0.6) is 0 Å². The van der Waals surface area contributed by atoms with Crippen molar-refractivity contribution in [2.45, 2.75) is 13.0 Å². The van der Waals surface area contributed by atoms with Crippen molar-refractivity contribution in [1.82, 2.24) is 15.5 Å². The van der Waals surface area contributed by atoms with Crippen LogP contribution >= 0.6 is 0 Å². The fourth-order valence-electron chi connectivity index (χ4n) is 2.32. The van der Waals surface area contributed by atoms with Crippen molar-refractivity contribution in [3.05, 3.63) is 71.8 Å². The van der Waals surface area contributed by atoms with E-state index in [4.69, 9.17) is 0 Å². The van der Waals surface area contributed by atoms with Gasteiger partial charge in [0.15, 0.2) is 5.96 Å². The van der Waals surface area contributed by atoms with Gasteiger partial charge in [0.05, 0.1) is 13.1 Å². The minimum Gasteiger partial charge on any atom is -0.354 e. The standard InChI is InChI=1S/C20H26N4O/c1-24(2)20(22-15-18-11-7-4-8-12-18)23-16-19(25)21-14-13-17-9-5-3-6-10-17/h3-12H,13-16H2,1-2H3,(H,21,25)(H,22,23). The van der Waals surface area contributed by atoms with Crippen molar-refractivity contribution in [2.24, 2.45) is 4.99 Å². The third-order valence-electron chi connectivity index (χ3n) is 3.66. The van der Waals surface area contributed by atoms with Crippen molar-refractivity contribution >= 4 is 11.9 Å². The molecule has 0 unspecified atom stereocenters. The first kappa shape index (κ1) is 18.5. The van der Waals surface area contributed by atoms with Gasteiger partial charge in [0.25, 0.3) is 0 Å². The number of hydrogen-bond acceptors (Lipinski definition) is 2. The van der Waals surface area contributed by atoms with Crippen molar-refractivity contribution in [1.29, 1.82) is 0 Å². The summed E-state index contributed by atoms with van der Waals surface area (Å²) in [5.74, 6) is 0.659. The molecule has 0 atom stereocenters. The highest BCUT2D eigenvalue weighted by molar-refractivity contribution is 5.86. The number of hydrogen-bond donors (Lipinski definition) is 2. The van der Waals surface area contributed by atoms with Crippen LogP contribution in [-0.2, 0) is 17.8 Å². The van der Waals surface area contributed by atoms with Gasteiger partial charge >= 0.3 is 0 Å². The highest BCUT2D eigenvalue weighted by atomic mass is 16.1. The molecule has 0 radical (unpaired) electrons. The maximum absolute atomic E-state index is 12.0. The highest BCUT2D eigenvalue weighted by Gasteiger charge is 2.05. The van der Waals surface area contributed by atoms with Gasteiger partial charge in [0, 0.05) is 20.6 Å².